The summed E-state index contributed by atoms with van der Waals surface area (Å²) in [6.45, 7) is 5.23. The van der Waals surface area contributed by atoms with Crippen molar-refractivity contribution < 1.29 is 4.79 Å². The quantitative estimate of drug-likeness (QED) is 0.829. The first-order valence-electron chi connectivity index (χ1n) is 10.2. The van der Waals surface area contributed by atoms with Gasteiger partial charge in [0.25, 0.3) is 5.91 Å². The number of likely N-dealkylation sites (tertiary alicyclic amines) is 2. The summed E-state index contributed by atoms with van der Waals surface area (Å²) in [5.41, 5.74) is 1.40. The van der Waals surface area contributed by atoms with Crippen LogP contribution in [0.1, 0.15) is 48.9 Å². The van der Waals surface area contributed by atoms with Gasteiger partial charge in [0.2, 0.25) is 0 Å². The number of carbonyl (C=O) groups is 1. The van der Waals surface area contributed by atoms with Crippen molar-refractivity contribution in [3.8, 4) is 5.69 Å². The van der Waals surface area contributed by atoms with Gasteiger partial charge in [0.15, 0.2) is 0 Å². The number of hydrogen-bond donors (Lipinski definition) is 0. The molecule has 1 aromatic carbocycles. The Hall–Kier alpha value is -2.28. The molecule has 1 aromatic heterocycles. The van der Waals surface area contributed by atoms with Crippen molar-refractivity contribution in [3.05, 3.63) is 36.2 Å². The zero-order valence-corrected chi connectivity index (χ0v) is 15.8. The third-order valence-corrected chi connectivity index (χ3v) is 5.75. The smallest absolute Gasteiger partial charge is 0.256 e. The van der Waals surface area contributed by atoms with Crippen molar-refractivity contribution in [3.63, 3.8) is 0 Å². The molecule has 7 heteroatoms. The molecular weight excluding hydrogens is 340 g/mol. The summed E-state index contributed by atoms with van der Waals surface area (Å²) in [6, 6.07) is 7.58. The standard InChI is InChI=1S/C20H28N6O/c27-20(18-9-3-4-10-19(18)26-16-21-22-23-26)25-13-7-8-17(15-25)14-24-11-5-1-2-6-12-24/h3-4,9-10,16-17H,1-2,5-8,11-15H2. The van der Waals surface area contributed by atoms with Gasteiger partial charge in [-0.05, 0) is 67.3 Å². The number of tetrazole rings is 1. The molecule has 1 atom stereocenters. The number of aromatic nitrogens is 4. The summed E-state index contributed by atoms with van der Waals surface area (Å²) < 4.78 is 1.56. The lowest BCUT2D eigenvalue weighted by Crippen LogP contribution is -2.44. The molecule has 144 valence electrons. The van der Waals surface area contributed by atoms with E-state index >= 15 is 0 Å². The number of nitrogens with zero attached hydrogens (tertiary/aromatic N) is 6. The number of piperidine rings is 1. The van der Waals surface area contributed by atoms with E-state index in [1.807, 2.05) is 29.2 Å². The fraction of sp³-hybridized carbons (Fsp3) is 0.600. The van der Waals surface area contributed by atoms with E-state index in [1.54, 1.807) is 4.68 Å². The zero-order chi connectivity index (χ0) is 18.5. The second kappa shape index (κ2) is 8.61. The summed E-state index contributed by atoms with van der Waals surface area (Å²) in [5.74, 6) is 0.655. The number of hydrogen-bond acceptors (Lipinski definition) is 5. The van der Waals surface area contributed by atoms with Crippen molar-refractivity contribution in [1.82, 2.24) is 30.0 Å². The molecular formula is C20H28N6O. The Labute approximate surface area is 160 Å². The van der Waals surface area contributed by atoms with E-state index in [-0.39, 0.29) is 5.91 Å². The van der Waals surface area contributed by atoms with Crippen molar-refractivity contribution in [2.75, 3.05) is 32.7 Å². The van der Waals surface area contributed by atoms with Crippen LogP contribution in [0, 0.1) is 5.92 Å². The largest absolute Gasteiger partial charge is 0.338 e. The molecule has 7 nitrogen and oxygen atoms in total. The van der Waals surface area contributed by atoms with Crippen LogP contribution in [0.4, 0.5) is 0 Å². The first-order chi connectivity index (χ1) is 13.3. The highest BCUT2D eigenvalue weighted by atomic mass is 16.2. The maximum Gasteiger partial charge on any atom is 0.256 e. The summed E-state index contributed by atoms with van der Waals surface area (Å²) in [5, 5.41) is 11.4. The molecule has 2 aliphatic heterocycles. The normalized spacial score (nSPS) is 21.8. The number of amides is 1. The van der Waals surface area contributed by atoms with E-state index < -0.39 is 0 Å². The molecule has 0 aliphatic carbocycles. The van der Waals surface area contributed by atoms with Crippen LogP contribution in [0.25, 0.3) is 5.69 Å². The predicted molar refractivity (Wildman–Crippen MR) is 103 cm³/mol. The lowest BCUT2D eigenvalue weighted by molar-refractivity contribution is 0.0641. The average molecular weight is 368 g/mol. The summed E-state index contributed by atoms with van der Waals surface area (Å²) in [7, 11) is 0. The van der Waals surface area contributed by atoms with Crippen LogP contribution in [0.2, 0.25) is 0 Å². The number of carbonyl (C=O) groups excluding carboxylic acids is 1. The molecule has 4 rings (SSSR count). The minimum atomic E-state index is 0.0849. The van der Waals surface area contributed by atoms with Crippen molar-refractivity contribution in [2.45, 2.75) is 38.5 Å². The second-order valence-electron chi connectivity index (χ2n) is 7.75. The molecule has 0 saturated carbocycles. The molecule has 3 heterocycles. The van der Waals surface area contributed by atoms with Gasteiger partial charge < -0.3 is 9.80 Å². The van der Waals surface area contributed by atoms with Gasteiger partial charge in [0.05, 0.1) is 11.3 Å². The topological polar surface area (TPSA) is 67.2 Å². The Bertz CT molecular complexity index is 739. The van der Waals surface area contributed by atoms with Crippen LogP contribution in [0.3, 0.4) is 0 Å². The highest BCUT2D eigenvalue weighted by Gasteiger charge is 2.27. The van der Waals surface area contributed by atoms with Crippen molar-refractivity contribution in [2.24, 2.45) is 5.92 Å². The molecule has 2 fully saturated rings. The minimum Gasteiger partial charge on any atom is -0.338 e. The Kier molecular flexibility index (Phi) is 5.77. The van der Waals surface area contributed by atoms with E-state index in [2.05, 4.69) is 20.4 Å². The predicted octanol–water partition coefficient (Wildman–Crippen LogP) is 2.39. The van der Waals surface area contributed by atoms with Crippen LogP contribution in [-0.4, -0.2) is 68.6 Å². The number of benzene rings is 1. The molecule has 2 aliphatic rings. The molecule has 0 radical (unpaired) electrons. The minimum absolute atomic E-state index is 0.0849. The van der Waals surface area contributed by atoms with E-state index in [0.29, 0.717) is 11.5 Å². The lowest BCUT2D eigenvalue weighted by Gasteiger charge is -2.35. The van der Waals surface area contributed by atoms with Gasteiger partial charge in [-0.1, -0.05) is 25.0 Å². The van der Waals surface area contributed by atoms with Crippen LogP contribution in [0.5, 0.6) is 0 Å². The Morgan fingerprint density at radius 2 is 1.85 bits per heavy atom. The maximum absolute atomic E-state index is 13.2. The van der Waals surface area contributed by atoms with E-state index in [9.17, 15) is 4.79 Å². The fourth-order valence-corrected chi connectivity index (χ4v) is 4.38. The van der Waals surface area contributed by atoms with E-state index in [4.69, 9.17) is 0 Å². The molecule has 1 amide bonds. The van der Waals surface area contributed by atoms with Crippen molar-refractivity contribution in [1.29, 1.82) is 0 Å². The van der Waals surface area contributed by atoms with Crippen molar-refractivity contribution >= 4 is 5.91 Å². The maximum atomic E-state index is 13.2. The molecule has 0 spiro atoms. The molecule has 27 heavy (non-hydrogen) atoms. The first kappa shape index (κ1) is 18.1. The molecule has 2 saturated heterocycles. The third-order valence-electron chi connectivity index (χ3n) is 5.75. The highest BCUT2D eigenvalue weighted by Crippen LogP contribution is 2.23. The third kappa shape index (κ3) is 4.35. The van der Waals surface area contributed by atoms with Gasteiger partial charge in [-0.3, -0.25) is 4.79 Å². The van der Waals surface area contributed by atoms with E-state index in [0.717, 1.165) is 31.7 Å². The summed E-state index contributed by atoms with van der Waals surface area (Å²) >= 11 is 0. The van der Waals surface area contributed by atoms with Gasteiger partial charge >= 0.3 is 0 Å². The van der Waals surface area contributed by atoms with Crippen LogP contribution in [-0.2, 0) is 0 Å². The Balaban J connectivity index is 1.45. The van der Waals surface area contributed by atoms with Gasteiger partial charge in [-0.25, -0.2) is 0 Å². The molecule has 0 bridgehead atoms. The second-order valence-corrected chi connectivity index (χ2v) is 7.75. The average Bonchev–Trinajstić information content (AvgIpc) is 3.13. The zero-order valence-electron chi connectivity index (χ0n) is 15.8. The summed E-state index contributed by atoms with van der Waals surface area (Å²) in [4.78, 5) is 17.9. The highest BCUT2D eigenvalue weighted by molar-refractivity contribution is 5.97. The Morgan fingerprint density at radius 3 is 2.63 bits per heavy atom. The van der Waals surface area contributed by atoms with Gasteiger partial charge in [-0.15, -0.1) is 5.10 Å². The Morgan fingerprint density at radius 1 is 1.04 bits per heavy atom. The number of para-hydroxylation sites is 1. The summed E-state index contributed by atoms with van der Waals surface area (Å²) in [6.07, 6.45) is 9.18. The SMILES string of the molecule is O=C(c1ccccc1-n1cnnn1)N1CCCC(CN2CCCCCC2)C1. The number of rotatable bonds is 4. The van der Waals surface area contributed by atoms with Gasteiger partial charge in [0, 0.05) is 19.6 Å². The fourth-order valence-electron chi connectivity index (χ4n) is 4.38. The van der Waals surface area contributed by atoms with Crippen LogP contribution >= 0.6 is 0 Å². The molecule has 1 unspecified atom stereocenters. The molecule has 2 aromatic rings. The first-order valence-corrected chi connectivity index (χ1v) is 10.2. The van der Waals surface area contributed by atoms with E-state index in [1.165, 1.54) is 51.5 Å². The van der Waals surface area contributed by atoms with Crippen LogP contribution in [0.15, 0.2) is 30.6 Å². The lowest BCUT2D eigenvalue weighted by atomic mass is 9.96. The molecule has 0 N–H and O–H groups in total. The van der Waals surface area contributed by atoms with Crippen LogP contribution < -0.4 is 0 Å². The van der Waals surface area contributed by atoms with Gasteiger partial charge in [0.1, 0.15) is 6.33 Å². The monoisotopic (exact) mass is 368 g/mol. The van der Waals surface area contributed by atoms with Gasteiger partial charge in [-0.2, -0.15) is 4.68 Å².